The van der Waals surface area contributed by atoms with Gasteiger partial charge in [0.2, 0.25) is 12.3 Å². The zero-order valence-electron chi connectivity index (χ0n) is 19.9. The molecule has 1 fully saturated rings. The number of hydrogen-bond acceptors (Lipinski definition) is 6. The first kappa shape index (κ1) is 26.1. The highest BCUT2D eigenvalue weighted by Crippen LogP contribution is 2.48. The van der Waals surface area contributed by atoms with Gasteiger partial charge in [-0.1, -0.05) is 18.2 Å². The fourth-order valence-electron chi connectivity index (χ4n) is 4.06. The van der Waals surface area contributed by atoms with Gasteiger partial charge in [0.1, 0.15) is 34.0 Å². The van der Waals surface area contributed by atoms with Crippen LogP contribution in [0, 0.1) is 17.1 Å². The summed E-state index contributed by atoms with van der Waals surface area (Å²) in [6, 6.07) is 13.2. The van der Waals surface area contributed by atoms with Crippen molar-refractivity contribution in [2.45, 2.75) is 31.0 Å². The summed E-state index contributed by atoms with van der Waals surface area (Å²) in [7, 11) is 0. The Morgan fingerprint density at radius 3 is 2.67 bits per heavy atom. The molecule has 4 aromatic rings. The first-order valence-corrected chi connectivity index (χ1v) is 12.4. The largest absolute Gasteiger partial charge is 0.456 e. The number of nitrogens with one attached hydrogen (secondary N) is 2. The van der Waals surface area contributed by atoms with Crippen molar-refractivity contribution in [3.8, 4) is 17.6 Å². The van der Waals surface area contributed by atoms with Crippen LogP contribution in [0.1, 0.15) is 34.5 Å². The van der Waals surface area contributed by atoms with E-state index in [1.54, 1.807) is 12.1 Å². The van der Waals surface area contributed by atoms with Crippen LogP contribution in [-0.2, 0) is 27.7 Å². The fourth-order valence-corrected chi connectivity index (χ4v) is 5.32. The van der Waals surface area contributed by atoms with E-state index in [1.165, 1.54) is 35.6 Å². The van der Waals surface area contributed by atoms with Crippen LogP contribution in [0.3, 0.4) is 0 Å². The van der Waals surface area contributed by atoms with Gasteiger partial charge in [0.25, 0.3) is 0 Å². The molecular weight excluding hydrogens is 536 g/mol. The topological polar surface area (TPSA) is 104 Å². The second-order valence-corrected chi connectivity index (χ2v) is 9.93. The Labute approximate surface area is 223 Å². The second kappa shape index (κ2) is 9.99. The summed E-state index contributed by atoms with van der Waals surface area (Å²) >= 11 is 1.28. The minimum absolute atomic E-state index is 0.113. The van der Waals surface area contributed by atoms with E-state index in [0.29, 0.717) is 21.6 Å². The molecule has 0 aliphatic heterocycles. The maximum atomic E-state index is 14.5. The van der Waals surface area contributed by atoms with Gasteiger partial charge in [-0.05, 0) is 48.7 Å². The minimum atomic E-state index is -4.55. The third kappa shape index (κ3) is 5.39. The lowest BCUT2D eigenvalue weighted by molar-refractivity contribution is -0.137. The minimum Gasteiger partial charge on any atom is -0.456 e. The number of rotatable bonds is 8. The van der Waals surface area contributed by atoms with Crippen LogP contribution in [0.15, 0.2) is 54.6 Å². The van der Waals surface area contributed by atoms with Crippen molar-refractivity contribution in [2.24, 2.45) is 0 Å². The lowest BCUT2D eigenvalue weighted by Gasteiger charge is -2.12. The number of benzene rings is 3. The molecule has 0 atom stereocenters. The van der Waals surface area contributed by atoms with E-state index in [-0.39, 0.29) is 28.3 Å². The standard InChI is InChI=1S/C27H18F4N4O3S/c28-19-5-4-17(12-21(19)34-23(37)11-15-2-1-3-16(10-15)27(29,30)31)38-22-7-6-20-24(18(22)13-32)39-25(35-20)26(8-9-26)33-14-36/h1-7,10,12,14H,8-9,11H2,(H,33,36)(H,34,37). The quantitative estimate of drug-likeness (QED) is 0.204. The summed E-state index contributed by atoms with van der Waals surface area (Å²) in [5.74, 6) is -1.20. The molecule has 1 saturated carbocycles. The molecule has 1 aliphatic carbocycles. The van der Waals surface area contributed by atoms with Crippen molar-refractivity contribution >= 4 is 39.6 Å². The Kier molecular flexibility index (Phi) is 6.69. The molecule has 39 heavy (non-hydrogen) atoms. The Morgan fingerprint density at radius 2 is 1.97 bits per heavy atom. The van der Waals surface area contributed by atoms with E-state index >= 15 is 0 Å². The number of carbonyl (C=O) groups excluding carboxylic acids is 2. The summed E-state index contributed by atoms with van der Waals surface area (Å²) in [5, 5.41) is 15.7. The molecule has 5 rings (SSSR count). The van der Waals surface area contributed by atoms with Crippen LogP contribution in [0.2, 0.25) is 0 Å². The Morgan fingerprint density at radius 1 is 1.18 bits per heavy atom. The van der Waals surface area contributed by atoms with Crippen molar-refractivity contribution in [3.05, 3.63) is 82.1 Å². The molecule has 1 aliphatic rings. The van der Waals surface area contributed by atoms with Gasteiger partial charge >= 0.3 is 6.18 Å². The molecule has 1 aromatic heterocycles. The number of nitrogens with zero attached hydrogens (tertiary/aromatic N) is 2. The van der Waals surface area contributed by atoms with Crippen molar-refractivity contribution in [1.29, 1.82) is 5.26 Å². The summed E-state index contributed by atoms with van der Waals surface area (Å²) in [5.41, 5.74) is -0.753. The Hall–Kier alpha value is -4.50. The number of amides is 2. The van der Waals surface area contributed by atoms with Gasteiger partial charge in [-0.2, -0.15) is 18.4 Å². The number of fused-ring (bicyclic) bond motifs is 1. The fraction of sp³-hybridized carbons (Fsp3) is 0.185. The maximum Gasteiger partial charge on any atom is 0.416 e. The highest BCUT2D eigenvalue weighted by atomic mass is 32.1. The highest BCUT2D eigenvalue weighted by Gasteiger charge is 2.47. The molecular formula is C27H18F4N4O3S. The molecule has 7 nitrogen and oxygen atoms in total. The van der Waals surface area contributed by atoms with Gasteiger partial charge < -0.3 is 15.4 Å². The van der Waals surface area contributed by atoms with Gasteiger partial charge in [-0.15, -0.1) is 11.3 Å². The molecule has 0 bridgehead atoms. The number of nitriles is 1. The second-order valence-electron chi connectivity index (χ2n) is 8.93. The van der Waals surface area contributed by atoms with E-state index in [0.717, 1.165) is 31.0 Å². The van der Waals surface area contributed by atoms with E-state index in [4.69, 9.17) is 4.74 Å². The van der Waals surface area contributed by atoms with Gasteiger partial charge in [0, 0.05) is 6.07 Å². The number of carbonyl (C=O) groups is 2. The molecule has 0 unspecified atom stereocenters. The van der Waals surface area contributed by atoms with Crippen molar-refractivity contribution in [1.82, 2.24) is 10.3 Å². The summed E-state index contributed by atoms with van der Waals surface area (Å²) in [4.78, 5) is 28.0. The van der Waals surface area contributed by atoms with Gasteiger partial charge in [-0.3, -0.25) is 9.59 Å². The molecule has 0 saturated heterocycles. The van der Waals surface area contributed by atoms with E-state index in [9.17, 15) is 32.4 Å². The zero-order valence-corrected chi connectivity index (χ0v) is 20.8. The SMILES string of the molecule is N#Cc1c(Oc2ccc(F)c(NC(=O)Cc3cccc(C(F)(F)F)c3)c2)ccc2nc(C3(NC=O)CC3)sc12. The van der Waals surface area contributed by atoms with Crippen molar-refractivity contribution < 1.29 is 31.9 Å². The predicted molar refractivity (Wildman–Crippen MR) is 135 cm³/mol. The van der Waals surface area contributed by atoms with Crippen molar-refractivity contribution in [3.63, 3.8) is 0 Å². The van der Waals surface area contributed by atoms with Crippen molar-refractivity contribution in [2.75, 3.05) is 5.32 Å². The summed E-state index contributed by atoms with van der Waals surface area (Å²) in [6.07, 6.45) is -2.84. The van der Waals surface area contributed by atoms with Crippen LogP contribution >= 0.6 is 11.3 Å². The maximum absolute atomic E-state index is 14.5. The van der Waals surface area contributed by atoms with Gasteiger partial charge in [0.15, 0.2) is 0 Å². The predicted octanol–water partition coefficient (Wildman–Crippen LogP) is 6.03. The normalized spacial score (nSPS) is 13.9. The molecule has 3 aromatic carbocycles. The average Bonchev–Trinajstić information content (AvgIpc) is 3.54. The number of hydrogen-bond donors (Lipinski definition) is 2. The lowest BCUT2D eigenvalue weighted by atomic mass is 10.1. The number of ether oxygens (including phenoxy) is 1. The molecule has 12 heteroatoms. The average molecular weight is 555 g/mol. The smallest absolute Gasteiger partial charge is 0.416 e. The molecule has 1 heterocycles. The van der Waals surface area contributed by atoms with Crippen LogP contribution in [0.25, 0.3) is 10.2 Å². The zero-order chi connectivity index (χ0) is 27.8. The summed E-state index contributed by atoms with van der Waals surface area (Å²) < 4.78 is 59.7. The van der Waals surface area contributed by atoms with Gasteiger partial charge in [-0.25, -0.2) is 9.37 Å². The highest BCUT2D eigenvalue weighted by molar-refractivity contribution is 7.19. The molecule has 2 amide bonds. The van der Waals surface area contributed by atoms with E-state index in [1.807, 2.05) is 0 Å². The monoisotopic (exact) mass is 554 g/mol. The van der Waals surface area contributed by atoms with Crippen LogP contribution in [0.4, 0.5) is 23.2 Å². The van der Waals surface area contributed by atoms with E-state index < -0.39 is 35.4 Å². The number of anilines is 1. The molecule has 2 N–H and O–H groups in total. The first-order valence-electron chi connectivity index (χ1n) is 11.6. The molecule has 198 valence electrons. The number of aromatic nitrogens is 1. The summed E-state index contributed by atoms with van der Waals surface area (Å²) in [6.45, 7) is 0. The van der Waals surface area contributed by atoms with E-state index in [2.05, 4.69) is 21.7 Å². The molecule has 0 spiro atoms. The lowest BCUT2D eigenvalue weighted by Crippen LogP contribution is -2.26. The van der Waals surface area contributed by atoms with Gasteiger partial charge in [0.05, 0.1) is 33.4 Å². The Balaban J connectivity index is 1.36. The third-order valence-electron chi connectivity index (χ3n) is 6.18. The third-order valence-corrected chi connectivity index (χ3v) is 7.48. The molecule has 0 radical (unpaired) electrons. The number of alkyl halides is 3. The van der Waals surface area contributed by atoms with Crippen LogP contribution in [-0.4, -0.2) is 17.3 Å². The number of thiazole rings is 1. The van der Waals surface area contributed by atoms with Crippen LogP contribution < -0.4 is 15.4 Å². The van der Waals surface area contributed by atoms with Crippen LogP contribution in [0.5, 0.6) is 11.5 Å². The first-order chi connectivity index (χ1) is 18.6. The Bertz CT molecular complexity index is 1640. The number of halogens is 4.